The number of fused-ring (bicyclic) bond motifs is 1. The largest absolute Gasteiger partial charge is 0.486 e. The summed E-state index contributed by atoms with van der Waals surface area (Å²) in [7, 11) is 0. The van der Waals surface area contributed by atoms with Gasteiger partial charge in [-0.2, -0.15) is 0 Å². The number of carbonyl (C=O) groups excluding carboxylic acids is 1. The van der Waals surface area contributed by atoms with Crippen LogP contribution >= 0.6 is 0 Å². The van der Waals surface area contributed by atoms with E-state index in [0.29, 0.717) is 30.4 Å². The smallest absolute Gasteiger partial charge is 0.265 e. The van der Waals surface area contributed by atoms with Crippen molar-refractivity contribution in [2.45, 2.75) is 26.9 Å². The van der Waals surface area contributed by atoms with E-state index in [9.17, 15) is 4.79 Å². The number of hydrogen-bond donors (Lipinski definition) is 1. The minimum absolute atomic E-state index is 0.215. The predicted octanol–water partition coefficient (Wildman–Crippen LogP) is 3.48. The highest BCUT2D eigenvalue weighted by Gasteiger charge is 2.18. The molecule has 0 fully saturated rings. The highest BCUT2D eigenvalue weighted by Crippen LogP contribution is 2.32. The standard InChI is InChI=1S/C19H21NO4/c1-12-4-5-13(2)17(10-12)24-14(3)19(21)20-15-6-7-16-18(11-15)23-9-8-22-16/h4-7,10-11,14H,8-9H2,1-3H3,(H,20,21)/t14-/m0/s1. The number of carbonyl (C=O) groups is 1. The minimum Gasteiger partial charge on any atom is -0.486 e. The Morgan fingerprint density at radius 2 is 1.83 bits per heavy atom. The van der Waals surface area contributed by atoms with Gasteiger partial charge in [-0.1, -0.05) is 12.1 Å². The molecule has 126 valence electrons. The molecule has 0 aromatic heterocycles. The Labute approximate surface area is 141 Å². The van der Waals surface area contributed by atoms with Crippen molar-refractivity contribution >= 4 is 11.6 Å². The molecule has 1 atom stereocenters. The molecule has 0 spiro atoms. The molecule has 5 heteroatoms. The maximum absolute atomic E-state index is 12.4. The highest BCUT2D eigenvalue weighted by atomic mass is 16.6. The number of anilines is 1. The normalized spacial score (nSPS) is 14.0. The average molecular weight is 327 g/mol. The summed E-state index contributed by atoms with van der Waals surface area (Å²) in [5, 5.41) is 2.85. The minimum atomic E-state index is -0.612. The van der Waals surface area contributed by atoms with E-state index in [1.54, 1.807) is 25.1 Å². The van der Waals surface area contributed by atoms with Gasteiger partial charge in [-0.15, -0.1) is 0 Å². The molecule has 24 heavy (non-hydrogen) atoms. The third kappa shape index (κ3) is 3.62. The van der Waals surface area contributed by atoms with E-state index in [0.717, 1.165) is 16.9 Å². The number of amides is 1. The summed E-state index contributed by atoms with van der Waals surface area (Å²) in [6.45, 7) is 6.73. The Kier molecular flexibility index (Phi) is 4.60. The molecule has 3 rings (SSSR count). The van der Waals surface area contributed by atoms with Crippen molar-refractivity contribution in [3.05, 3.63) is 47.5 Å². The second-order valence-corrected chi connectivity index (χ2v) is 5.88. The summed E-state index contributed by atoms with van der Waals surface area (Å²) in [6.07, 6.45) is -0.612. The summed E-state index contributed by atoms with van der Waals surface area (Å²) in [5.41, 5.74) is 2.75. The van der Waals surface area contributed by atoms with Crippen molar-refractivity contribution in [2.24, 2.45) is 0 Å². The van der Waals surface area contributed by atoms with Crippen LogP contribution in [0.3, 0.4) is 0 Å². The van der Waals surface area contributed by atoms with Crippen LogP contribution in [0.4, 0.5) is 5.69 Å². The van der Waals surface area contributed by atoms with Crippen LogP contribution in [0.15, 0.2) is 36.4 Å². The summed E-state index contributed by atoms with van der Waals surface area (Å²) in [5.74, 6) is 1.84. The fraction of sp³-hybridized carbons (Fsp3) is 0.316. The van der Waals surface area contributed by atoms with Crippen LogP contribution in [-0.4, -0.2) is 25.2 Å². The van der Waals surface area contributed by atoms with Crippen molar-refractivity contribution < 1.29 is 19.0 Å². The van der Waals surface area contributed by atoms with Gasteiger partial charge in [0.05, 0.1) is 0 Å². The molecular weight excluding hydrogens is 306 g/mol. The van der Waals surface area contributed by atoms with Crippen LogP contribution in [0.25, 0.3) is 0 Å². The predicted molar refractivity (Wildman–Crippen MR) is 92.1 cm³/mol. The Morgan fingerprint density at radius 1 is 1.08 bits per heavy atom. The van der Waals surface area contributed by atoms with Gasteiger partial charge in [0.2, 0.25) is 0 Å². The lowest BCUT2D eigenvalue weighted by Gasteiger charge is -2.20. The van der Waals surface area contributed by atoms with Crippen molar-refractivity contribution in [1.82, 2.24) is 0 Å². The number of aryl methyl sites for hydroxylation is 2. The van der Waals surface area contributed by atoms with Crippen LogP contribution in [0, 0.1) is 13.8 Å². The molecule has 0 bridgehead atoms. The van der Waals surface area contributed by atoms with Gasteiger partial charge in [-0.3, -0.25) is 4.79 Å². The monoisotopic (exact) mass is 327 g/mol. The topological polar surface area (TPSA) is 56.8 Å². The number of hydrogen-bond acceptors (Lipinski definition) is 4. The molecule has 0 saturated carbocycles. The maximum atomic E-state index is 12.4. The van der Waals surface area contributed by atoms with E-state index in [2.05, 4.69) is 5.32 Å². The molecule has 2 aromatic rings. The fourth-order valence-electron chi connectivity index (χ4n) is 2.44. The second kappa shape index (κ2) is 6.83. The van der Waals surface area contributed by atoms with Crippen LogP contribution in [-0.2, 0) is 4.79 Å². The van der Waals surface area contributed by atoms with Crippen LogP contribution < -0.4 is 19.5 Å². The zero-order chi connectivity index (χ0) is 17.1. The first-order valence-corrected chi connectivity index (χ1v) is 7.97. The first-order valence-electron chi connectivity index (χ1n) is 7.97. The first kappa shape index (κ1) is 16.2. The Morgan fingerprint density at radius 3 is 2.62 bits per heavy atom. The zero-order valence-electron chi connectivity index (χ0n) is 14.1. The van der Waals surface area contributed by atoms with E-state index in [4.69, 9.17) is 14.2 Å². The summed E-state index contributed by atoms with van der Waals surface area (Å²) >= 11 is 0. The molecule has 1 aliphatic heterocycles. The summed E-state index contributed by atoms with van der Waals surface area (Å²) in [4.78, 5) is 12.4. The van der Waals surface area contributed by atoms with Crippen LogP contribution in [0.5, 0.6) is 17.2 Å². The van der Waals surface area contributed by atoms with E-state index in [-0.39, 0.29) is 5.91 Å². The van der Waals surface area contributed by atoms with Crippen molar-refractivity contribution in [2.75, 3.05) is 18.5 Å². The molecule has 2 aromatic carbocycles. The lowest BCUT2D eigenvalue weighted by molar-refractivity contribution is -0.122. The quantitative estimate of drug-likeness (QED) is 0.934. The number of rotatable bonds is 4. The molecule has 1 aliphatic rings. The molecule has 1 amide bonds. The van der Waals surface area contributed by atoms with Crippen LogP contribution in [0.2, 0.25) is 0 Å². The summed E-state index contributed by atoms with van der Waals surface area (Å²) < 4.78 is 16.8. The SMILES string of the molecule is Cc1ccc(C)c(O[C@@H](C)C(=O)Nc2ccc3c(c2)OCCO3)c1. The van der Waals surface area contributed by atoms with Gasteiger partial charge in [-0.25, -0.2) is 0 Å². The van der Waals surface area contributed by atoms with Crippen LogP contribution in [0.1, 0.15) is 18.1 Å². The number of nitrogens with one attached hydrogen (secondary N) is 1. The highest BCUT2D eigenvalue weighted by molar-refractivity contribution is 5.94. The van der Waals surface area contributed by atoms with E-state index in [1.165, 1.54) is 0 Å². The van der Waals surface area contributed by atoms with Crippen molar-refractivity contribution in [3.63, 3.8) is 0 Å². The lowest BCUT2D eigenvalue weighted by atomic mass is 10.1. The molecular formula is C19H21NO4. The van der Waals surface area contributed by atoms with Gasteiger partial charge < -0.3 is 19.5 Å². The Balaban J connectivity index is 1.67. The van der Waals surface area contributed by atoms with Gasteiger partial charge >= 0.3 is 0 Å². The third-order valence-electron chi connectivity index (χ3n) is 3.83. The summed E-state index contributed by atoms with van der Waals surface area (Å²) in [6, 6.07) is 11.3. The molecule has 5 nitrogen and oxygen atoms in total. The lowest BCUT2D eigenvalue weighted by Crippen LogP contribution is -2.30. The third-order valence-corrected chi connectivity index (χ3v) is 3.83. The molecule has 0 unspecified atom stereocenters. The molecule has 0 aliphatic carbocycles. The Hall–Kier alpha value is -2.69. The first-order chi connectivity index (χ1) is 11.5. The second-order valence-electron chi connectivity index (χ2n) is 5.88. The molecule has 0 saturated heterocycles. The van der Waals surface area contributed by atoms with Gasteiger partial charge in [-0.05, 0) is 50.1 Å². The average Bonchev–Trinajstić information content (AvgIpc) is 2.58. The molecule has 1 heterocycles. The van der Waals surface area contributed by atoms with Gasteiger partial charge in [0.15, 0.2) is 17.6 Å². The van der Waals surface area contributed by atoms with Gasteiger partial charge in [0, 0.05) is 11.8 Å². The van der Waals surface area contributed by atoms with Crippen molar-refractivity contribution in [3.8, 4) is 17.2 Å². The van der Waals surface area contributed by atoms with Gasteiger partial charge in [0.1, 0.15) is 19.0 Å². The molecule has 1 N–H and O–H groups in total. The van der Waals surface area contributed by atoms with Gasteiger partial charge in [0.25, 0.3) is 5.91 Å². The number of ether oxygens (including phenoxy) is 3. The van der Waals surface area contributed by atoms with E-state index in [1.807, 2.05) is 32.0 Å². The fourth-order valence-corrected chi connectivity index (χ4v) is 2.44. The van der Waals surface area contributed by atoms with E-state index < -0.39 is 6.10 Å². The van der Waals surface area contributed by atoms with E-state index >= 15 is 0 Å². The Bertz CT molecular complexity index is 757. The molecule has 0 radical (unpaired) electrons. The maximum Gasteiger partial charge on any atom is 0.265 e. The number of benzene rings is 2. The van der Waals surface area contributed by atoms with Crippen molar-refractivity contribution in [1.29, 1.82) is 0 Å². The zero-order valence-corrected chi connectivity index (χ0v) is 14.1.